The fourth-order valence-electron chi connectivity index (χ4n) is 3.24. The van der Waals surface area contributed by atoms with Crippen LogP contribution in [0.5, 0.6) is 11.5 Å². The van der Waals surface area contributed by atoms with Crippen LogP contribution < -0.4 is 14.8 Å². The second-order valence-electron chi connectivity index (χ2n) is 6.14. The highest BCUT2D eigenvalue weighted by Gasteiger charge is 2.25. The molecule has 1 N–H and O–H groups in total. The Hall–Kier alpha value is -1.79. The molecule has 2 aromatic rings. The van der Waals surface area contributed by atoms with E-state index < -0.39 is 0 Å². The molecule has 0 radical (unpaired) electrons. The fraction of sp³-hybridized carbons (Fsp3) is 0.421. The van der Waals surface area contributed by atoms with Crippen molar-refractivity contribution in [3.05, 3.63) is 40.6 Å². The minimum atomic E-state index is 0.506. The van der Waals surface area contributed by atoms with Gasteiger partial charge in [-0.25, -0.2) is 0 Å². The van der Waals surface area contributed by atoms with Crippen LogP contribution in [0.2, 0.25) is 0 Å². The number of hydrogen-bond acceptors (Lipinski definition) is 4. The van der Waals surface area contributed by atoms with E-state index in [9.17, 15) is 0 Å². The van der Waals surface area contributed by atoms with Gasteiger partial charge in [0.25, 0.3) is 0 Å². The molecule has 1 aromatic heterocycles. The normalized spacial score (nSPS) is 14.3. The molecule has 0 atom stereocenters. The van der Waals surface area contributed by atoms with Crippen LogP contribution >= 0.6 is 23.6 Å². The van der Waals surface area contributed by atoms with Gasteiger partial charge in [-0.1, -0.05) is 18.9 Å². The van der Waals surface area contributed by atoms with Crippen LogP contribution in [0.3, 0.4) is 0 Å². The molecule has 0 spiro atoms. The van der Waals surface area contributed by atoms with Gasteiger partial charge in [-0.15, -0.1) is 11.3 Å². The van der Waals surface area contributed by atoms with E-state index in [2.05, 4.69) is 27.7 Å². The lowest BCUT2D eigenvalue weighted by atomic mass is 10.2. The molecule has 0 aliphatic heterocycles. The van der Waals surface area contributed by atoms with Crippen LogP contribution in [0.25, 0.3) is 0 Å². The molecule has 6 heteroatoms. The van der Waals surface area contributed by atoms with Crippen molar-refractivity contribution in [2.75, 3.05) is 19.5 Å². The van der Waals surface area contributed by atoms with Crippen molar-refractivity contribution in [2.24, 2.45) is 0 Å². The van der Waals surface area contributed by atoms with Crippen LogP contribution in [0.1, 0.15) is 30.6 Å². The molecule has 0 bridgehead atoms. The Labute approximate surface area is 158 Å². The van der Waals surface area contributed by atoms with Crippen molar-refractivity contribution in [2.45, 2.75) is 38.3 Å². The number of methoxy groups -OCH3 is 2. The molecule has 1 aromatic carbocycles. The zero-order valence-corrected chi connectivity index (χ0v) is 16.3. The molecule has 4 nitrogen and oxygen atoms in total. The maximum absolute atomic E-state index is 5.77. The Morgan fingerprint density at radius 1 is 1.24 bits per heavy atom. The van der Waals surface area contributed by atoms with E-state index >= 15 is 0 Å². The summed E-state index contributed by atoms with van der Waals surface area (Å²) < 4.78 is 10.7. The molecule has 25 heavy (non-hydrogen) atoms. The lowest BCUT2D eigenvalue weighted by Gasteiger charge is -2.31. The van der Waals surface area contributed by atoms with Crippen molar-refractivity contribution < 1.29 is 9.47 Å². The Bertz CT molecular complexity index is 697. The Kier molecular flexibility index (Phi) is 6.15. The van der Waals surface area contributed by atoms with Crippen molar-refractivity contribution >= 4 is 34.4 Å². The monoisotopic (exact) mass is 376 g/mol. The van der Waals surface area contributed by atoms with Crippen LogP contribution in [-0.2, 0) is 6.54 Å². The van der Waals surface area contributed by atoms with Crippen LogP contribution in [0.15, 0.2) is 35.7 Å². The molecule has 1 aliphatic rings. The maximum Gasteiger partial charge on any atom is 0.174 e. The van der Waals surface area contributed by atoms with E-state index in [1.807, 2.05) is 18.2 Å². The number of rotatable bonds is 6. The summed E-state index contributed by atoms with van der Waals surface area (Å²) in [6, 6.07) is 10.5. The van der Waals surface area contributed by atoms with Gasteiger partial charge in [0.15, 0.2) is 5.11 Å². The molecular weight excluding hydrogens is 352 g/mol. The zero-order valence-electron chi connectivity index (χ0n) is 14.7. The third kappa shape index (κ3) is 4.44. The number of ether oxygens (including phenoxy) is 2. The van der Waals surface area contributed by atoms with Crippen molar-refractivity contribution in [1.29, 1.82) is 0 Å². The number of thiocarbonyl (C=S) groups is 1. The molecule has 0 unspecified atom stereocenters. The van der Waals surface area contributed by atoms with E-state index in [-0.39, 0.29) is 0 Å². The van der Waals surface area contributed by atoms with Crippen molar-refractivity contribution in [3.8, 4) is 11.5 Å². The molecule has 1 saturated carbocycles. The van der Waals surface area contributed by atoms with E-state index in [1.54, 1.807) is 25.6 Å². The molecule has 1 aliphatic carbocycles. The summed E-state index contributed by atoms with van der Waals surface area (Å²) in [4.78, 5) is 3.66. The first-order chi connectivity index (χ1) is 12.2. The van der Waals surface area contributed by atoms with E-state index in [0.29, 0.717) is 6.04 Å². The molecular formula is C19H24N2O2S2. The second-order valence-corrected chi connectivity index (χ2v) is 7.56. The van der Waals surface area contributed by atoms with Gasteiger partial charge in [-0.05, 0) is 48.6 Å². The quantitative estimate of drug-likeness (QED) is 0.725. The van der Waals surface area contributed by atoms with Crippen molar-refractivity contribution in [3.63, 3.8) is 0 Å². The molecule has 134 valence electrons. The summed E-state index contributed by atoms with van der Waals surface area (Å²) in [5.41, 5.74) is 0.863. The average molecular weight is 377 g/mol. The lowest BCUT2D eigenvalue weighted by molar-refractivity contribution is 0.314. The van der Waals surface area contributed by atoms with E-state index in [1.165, 1.54) is 30.6 Å². The number of nitrogens with one attached hydrogen (secondary N) is 1. The third-order valence-electron chi connectivity index (χ3n) is 4.58. The topological polar surface area (TPSA) is 33.7 Å². The van der Waals surface area contributed by atoms with E-state index in [0.717, 1.165) is 28.8 Å². The predicted octanol–water partition coefficient (Wildman–Crippen LogP) is 4.91. The number of benzene rings is 1. The smallest absolute Gasteiger partial charge is 0.174 e. The molecule has 1 fully saturated rings. The summed E-state index contributed by atoms with van der Waals surface area (Å²) in [6.07, 6.45) is 4.96. The van der Waals surface area contributed by atoms with Gasteiger partial charge < -0.3 is 19.7 Å². The van der Waals surface area contributed by atoms with Gasteiger partial charge in [0, 0.05) is 17.0 Å². The second kappa shape index (κ2) is 8.54. The maximum atomic E-state index is 5.77. The molecule has 3 rings (SSSR count). The Balaban J connectivity index is 1.77. The fourth-order valence-corrected chi connectivity index (χ4v) is 4.27. The summed E-state index contributed by atoms with van der Waals surface area (Å²) in [5.74, 6) is 1.49. The SMILES string of the molecule is COc1ccc(NC(=S)N(Cc2cccs2)C2CCCC2)c(OC)c1. The first kappa shape index (κ1) is 18.0. The minimum absolute atomic E-state index is 0.506. The van der Waals surface area contributed by atoms with Gasteiger partial charge in [-0.3, -0.25) is 0 Å². The number of thiophene rings is 1. The van der Waals surface area contributed by atoms with Crippen LogP contribution in [-0.4, -0.2) is 30.3 Å². The summed E-state index contributed by atoms with van der Waals surface area (Å²) in [5, 5.41) is 6.25. The summed E-state index contributed by atoms with van der Waals surface area (Å²) in [6.45, 7) is 0.854. The minimum Gasteiger partial charge on any atom is -0.497 e. The van der Waals surface area contributed by atoms with Crippen LogP contribution in [0, 0.1) is 0 Å². The third-order valence-corrected chi connectivity index (χ3v) is 5.78. The highest BCUT2D eigenvalue weighted by Crippen LogP contribution is 2.31. The first-order valence-corrected chi connectivity index (χ1v) is 9.82. The first-order valence-electron chi connectivity index (χ1n) is 8.53. The Morgan fingerprint density at radius 2 is 2.04 bits per heavy atom. The number of nitrogens with zero attached hydrogens (tertiary/aromatic N) is 1. The van der Waals surface area contributed by atoms with Gasteiger partial charge in [0.05, 0.1) is 26.5 Å². The molecule has 0 saturated heterocycles. The van der Waals surface area contributed by atoms with Gasteiger partial charge in [0.1, 0.15) is 11.5 Å². The van der Waals surface area contributed by atoms with Gasteiger partial charge >= 0.3 is 0 Å². The standard InChI is InChI=1S/C19H24N2O2S2/c1-22-15-9-10-17(18(12-15)23-2)20-19(24)21(14-6-3-4-7-14)13-16-8-5-11-25-16/h5,8-12,14H,3-4,6-7,13H2,1-2H3,(H,20,24). The van der Waals surface area contributed by atoms with Crippen molar-refractivity contribution in [1.82, 2.24) is 4.90 Å². The highest BCUT2D eigenvalue weighted by atomic mass is 32.1. The number of hydrogen-bond donors (Lipinski definition) is 1. The largest absolute Gasteiger partial charge is 0.497 e. The number of anilines is 1. The average Bonchev–Trinajstić information content (AvgIpc) is 3.33. The molecule has 1 heterocycles. The molecule has 0 amide bonds. The van der Waals surface area contributed by atoms with Gasteiger partial charge in [0.2, 0.25) is 0 Å². The summed E-state index contributed by atoms with van der Waals surface area (Å²) >= 11 is 7.54. The predicted molar refractivity (Wildman–Crippen MR) is 108 cm³/mol. The zero-order chi connectivity index (χ0) is 17.6. The summed E-state index contributed by atoms with van der Waals surface area (Å²) in [7, 11) is 3.30. The Morgan fingerprint density at radius 3 is 2.68 bits per heavy atom. The lowest BCUT2D eigenvalue weighted by Crippen LogP contribution is -2.40. The van der Waals surface area contributed by atoms with Crippen LogP contribution in [0.4, 0.5) is 5.69 Å². The highest BCUT2D eigenvalue weighted by molar-refractivity contribution is 7.80. The van der Waals surface area contributed by atoms with Gasteiger partial charge in [-0.2, -0.15) is 0 Å². The van der Waals surface area contributed by atoms with E-state index in [4.69, 9.17) is 21.7 Å².